The van der Waals surface area contributed by atoms with Crippen LogP contribution in [-0.4, -0.2) is 21.6 Å². The normalized spacial score (nSPS) is 11.4. The Kier molecular flexibility index (Phi) is 6.67. The second-order valence-corrected chi connectivity index (χ2v) is 7.34. The Hall–Kier alpha value is -3.41. The third-order valence-corrected chi connectivity index (χ3v) is 5.25. The molecule has 2 aromatic carbocycles. The Balaban J connectivity index is 1.90. The number of hydrogen-bond donors (Lipinski definition) is 2. The number of aromatic nitrogens is 2. The Morgan fingerprint density at radius 2 is 1.67 bits per heavy atom. The second kappa shape index (κ2) is 9.39. The second-order valence-electron chi connectivity index (χ2n) is 7.34. The molecular formula is C24H29N5O. The van der Waals surface area contributed by atoms with Crippen LogP contribution in [0, 0.1) is 27.7 Å². The van der Waals surface area contributed by atoms with Gasteiger partial charge in [0.2, 0.25) is 5.96 Å². The summed E-state index contributed by atoms with van der Waals surface area (Å²) < 4.78 is 1.97. The average molecular weight is 404 g/mol. The van der Waals surface area contributed by atoms with Crippen molar-refractivity contribution in [3.8, 4) is 0 Å². The topological polar surface area (TPSA) is 71.3 Å². The zero-order chi connectivity index (χ0) is 21.7. The van der Waals surface area contributed by atoms with Crippen molar-refractivity contribution < 1.29 is 4.79 Å². The van der Waals surface area contributed by atoms with Gasteiger partial charge in [-0.2, -0.15) is 5.10 Å². The van der Waals surface area contributed by atoms with Crippen molar-refractivity contribution in [2.24, 2.45) is 4.99 Å². The van der Waals surface area contributed by atoms with Crippen LogP contribution in [-0.2, 0) is 13.1 Å². The van der Waals surface area contributed by atoms with E-state index in [2.05, 4.69) is 29.6 Å². The van der Waals surface area contributed by atoms with E-state index in [1.54, 1.807) is 0 Å². The minimum atomic E-state index is -0.189. The lowest BCUT2D eigenvalue weighted by Crippen LogP contribution is -2.36. The van der Waals surface area contributed by atoms with Crippen LogP contribution in [0.3, 0.4) is 0 Å². The number of para-hydroxylation sites is 1. The summed E-state index contributed by atoms with van der Waals surface area (Å²) in [4.78, 5) is 17.6. The first-order valence-electron chi connectivity index (χ1n) is 10.2. The third kappa shape index (κ3) is 4.76. The van der Waals surface area contributed by atoms with Crippen molar-refractivity contribution in [3.05, 3.63) is 82.2 Å². The molecule has 0 radical (unpaired) electrons. The van der Waals surface area contributed by atoms with Gasteiger partial charge in [0.25, 0.3) is 5.91 Å². The molecule has 30 heavy (non-hydrogen) atoms. The van der Waals surface area contributed by atoms with Gasteiger partial charge in [-0.15, -0.1) is 0 Å². The molecule has 0 fully saturated rings. The van der Waals surface area contributed by atoms with Gasteiger partial charge in [0, 0.05) is 29.1 Å². The molecule has 6 heteroatoms. The summed E-state index contributed by atoms with van der Waals surface area (Å²) in [6, 6.07) is 15.4. The van der Waals surface area contributed by atoms with Gasteiger partial charge in [0.1, 0.15) is 0 Å². The molecule has 0 bridgehead atoms. The van der Waals surface area contributed by atoms with Crippen molar-refractivity contribution in [1.82, 2.24) is 15.1 Å². The maximum absolute atomic E-state index is 12.9. The molecule has 1 heterocycles. The Bertz CT molecular complexity index is 1080. The van der Waals surface area contributed by atoms with Crippen LogP contribution in [0.5, 0.6) is 0 Å². The molecule has 0 aliphatic carbocycles. The molecule has 156 valence electrons. The maximum atomic E-state index is 12.9. The first-order valence-corrected chi connectivity index (χ1v) is 10.2. The highest BCUT2D eigenvalue weighted by Gasteiger charge is 2.14. The van der Waals surface area contributed by atoms with Gasteiger partial charge in [0.05, 0.1) is 12.2 Å². The van der Waals surface area contributed by atoms with E-state index in [1.807, 2.05) is 74.0 Å². The van der Waals surface area contributed by atoms with Crippen molar-refractivity contribution >= 4 is 17.6 Å². The number of hydrogen-bond acceptors (Lipinski definition) is 3. The number of benzene rings is 2. The van der Waals surface area contributed by atoms with Gasteiger partial charge in [-0.1, -0.05) is 36.4 Å². The fraction of sp³-hybridized carbons (Fsp3) is 0.292. The number of carbonyl (C=O) groups is 1. The van der Waals surface area contributed by atoms with Crippen LogP contribution < -0.4 is 10.6 Å². The van der Waals surface area contributed by atoms with Crippen LogP contribution in [0.1, 0.15) is 45.4 Å². The van der Waals surface area contributed by atoms with Crippen LogP contribution in [0.2, 0.25) is 0 Å². The summed E-state index contributed by atoms with van der Waals surface area (Å²) in [6.45, 7) is 11.3. The molecule has 6 nitrogen and oxygen atoms in total. The van der Waals surface area contributed by atoms with E-state index in [9.17, 15) is 4.79 Å². The average Bonchev–Trinajstić information content (AvgIpc) is 3.01. The van der Waals surface area contributed by atoms with Crippen LogP contribution in [0.15, 0.2) is 53.5 Å². The van der Waals surface area contributed by atoms with Gasteiger partial charge in [-0.3, -0.25) is 14.8 Å². The fourth-order valence-corrected chi connectivity index (χ4v) is 3.38. The van der Waals surface area contributed by atoms with Crippen molar-refractivity contribution in [2.45, 2.75) is 47.7 Å². The molecule has 0 saturated heterocycles. The van der Waals surface area contributed by atoms with Crippen LogP contribution >= 0.6 is 0 Å². The number of nitrogens with one attached hydrogen (secondary N) is 2. The van der Waals surface area contributed by atoms with E-state index in [4.69, 9.17) is 4.99 Å². The Morgan fingerprint density at radius 3 is 2.30 bits per heavy atom. The lowest BCUT2D eigenvalue weighted by Gasteiger charge is -2.14. The molecule has 1 amide bonds. The number of amides is 1. The number of carbonyl (C=O) groups excluding carboxylic acids is 1. The van der Waals surface area contributed by atoms with Crippen molar-refractivity contribution in [1.29, 1.82) is 0 Å². The molecule has 0 atom stereocenters. The zero-order valence-corrected chi connectivity index (χ0v) is 18.3. The van der Waals surface area contributed by atoms with Crippen molar-refractivity contribution in [2.75, 3.05) is 5.32 Å². The van der Waals surface area contributed by atoms with Gasteiger partial charge in [-0.05, 0) is 57.9 Å². The number of nitrogens with zero attached hydrogens (tertiary/aromatic N) is 3. The van der Waals surface area contributed by atoms with Crippen molar-refractivity contribution in [3.63, 3.8) is 0 Å². The summed E-state index contributed by atoms with van der Waals surface area (Å²) in [5.74, 6) is 0.228. The summed E-state index contributed by atoms with van der Waals surface area (Å²) in [6.07, 6.45) is 0. The molecule has 0 unspecified atom stereocenters. The van der Waals surface area contributed by atoms with E-state index in [0.717, 1.165) is 40.3 Å². The molecule has 1 aromatic heterocycles. The van der Waals surface area contributed by atoms with Gasteiger partial charge in [0.15, 0.2) is 0 Å². The third-order valence-electron chi connectivity index (χ3n) is 5.25. The van der Waals surface area contributed by atoms with Crippen LogP contribution in [0.4, 0.5) is 5.69 Å². The number of guanidine groups is 1. The van der Waals surface area contributed by atoms with E-state index in [-0.39, 0.29) is 5.91 Å². The van der Waals surface area contributed by atoms with E-state index < -0.39 is 0 Å². The molecule has 0 aliphatic rings. The molecule has 0 aliphatic heterocycles. The monoisotopic (exact) mass is 403 g/mol. The summed E-state index contributed by atoms with van der Waals surface area (Å²) in [7, 11) is 0. The molecule has 3 aromatic rings. The lowest BCUT2D eigenvalue weighted by molar-refractivity contribution is 0.0976. The first kappa shape index (κ1) is 21.3. The smallest absolute Gasteiger partial charge is 0.258 e. The molecule has 0 spiro atoms. The summed E-state index contributed by atoms with van der Waals surface area (Å²) in [5.41, 5.74) is 6.65. The van der Waals surface area contributed by atoms with E-state index >= 15 is 0 Å². The quantitative estimate of drug-likeness (QED) is 0.485. The zero-order valence-electron chi connectivity index (χ0n) is 18.3. The van der Waals surface area contributed by atoms with E-state index in [1.165, 1.54) is 0 Å². The predicted molar refractivity (Wildman–Crippen MR) is 122 cm³/mol. The highest BCUT2D eigenvalue weighted by atomic mass is 16.1. The number of aliphatic imine (C=N–C) groups is 1. The first-order chi connectivity index (χ1) is 14.4. The predicted octanol–water partition coefficient (Wildman–Crippen LogP) is 4.53. The minimum Gasteiger partial charge on any atom is -0.326 e. The van der Waals surface area contributed by atoms with Crippen LogP contribution in [0.25, 0.3) is 0 Å². The number of rotatable bonds is 5. The van der Waals surface area contributed by atoms with Gasteiger partial charge >= 0.3 is 0 Å². The molecular weight excluding hydrogens is 374 g/mol. The number of anilines is 1. The Morgan fingerprint density at radius 1 is 1.00 bits per heavy atom. The van der Waals surface area contributed by atoms with Gasteiger partial charge in [-0.25, -0.2) is 4.99 Å². The molecule has 0 saturated carbocycles. The lowest BCUT2D eigenvalue weighted by atomic mass is 10.1. The minimum absolute atomic E-state index is 0.189. The Labute approximate surface area is 178 Å². The number of aryl methyl sites for hydroxylation is 4. The highest BCUT2D eigenvalue weighted by molar-refractivity contribution is 6.10. The molecule has 3 rings (SSSR count). The molecule has 2 N–H and O–H groups in total. The maximum Gasteiger partial charge on any atom is 0.258 e. The summed E-state index contributed by atoms with van der Waals surface area (Å²) in [5, 5.41) is 10.8. The highest BCUT2D eigenvalue weighted by Crippen LogP contribution is 2.16. The SMILES string of the molecule is CCn1nc(C)c(CN=C(NC(=O)c2ccccc2C)Nc2ccccc2C)c1C. The van der Waals surface area contributed by atoms with Gasteiger partial charge < -0.3 is 5.32 Å². The summed E-state index contributed by atoms with van der Waals surface area (Å²) >= 11 is 0. The fourth-order valence-electron chi connectivity index (χ4n) is 3.38. The standard InChI is InChI=1S/C24H29N5O/c1-6-29-19(5)21(18(4)28-29)15-25-24(26-22-14-10-8-12-17(22)3)27-23(30)20-13-9-7-11-16(20)2/h7-14H,6,15H2,1-5H3,(H2,25,26,27,30). The largest absolute Gasteiger partial charge is 0.326 e. The van der Waals surface area contributed by atoms with E-state index in [0.29, 0.717) is 18.1 Å².